The molecule has 0 bridgehead atoms. The molecule has 2 aromatic carbocycles. The summed E-state index contributed by atoms with van der Waals surface area (Å²) in [6.07, 6.45) is 8.40. The van der Waals surface area contributed by atoms with E-state index >= 15 is 0 Å². The van der Waals surface area contributed by atoms with Gasteiger partial charge in [-0.15, -0.1) is 0 Å². The first kappa shape index (κ1) is 22.5. The molecule has 0 atom stereocenters. The zero-order valence-electron chi connectivity index (χ0n) is 18.0. The highest BCUT2D eigenvalue weighted by Crippen LogP contribution is 2.35. The minimum Gasteiger partial charge on any atom is -0.497 e. The van der Waals surface area contributed by atoms with Gasteiger partial charge >= 0.3 is 5.97 Å². The molecule has 0 fully saturated rings. The van der Waals surface area contributed by atoms with Crippen molar-refractivity contribution >= 4 is 12.0 Å². The molecule has 156 valence electrons. The number of hydrogen-bond donors (Lipinski definition) is 0. The van der Waals surface area contributed by atoms with Gasteiger partial charge in [0.2, 0.25) is 0 Å². The molecule has 0 aliphatic heterocycles. The molecular formula is C25H32O4. The Morgan fingerprint density at radius 1 is 0.931 bits per heavy atom. The number of esters is 1. The molecule has 0 aliphatic rings. The van der Waals surface area contributed by atoms with Gasteiger partial charge in [0, 0.05) is 17.2 Å². The van der Waals surface area contributed by atoms with Gasteiger partial charge in [0.25, 0.3) is 0 Å². The molecule has 2 rings (SSSR count). The number of benzene rings is 2. The molecule has 29 heavy (non-hydrogen) atoms. The van der Waals surface area contributed by atoms with Gasteiger partial charge in [-0.05, 0) is 42.2 Å². The highest BCUT2D eigenvalue weighted by molar-refractivity contribution is 5.88. The lowest BCUT2D eigenvalue weighted by atomic mass is 9.94. The van der Waals surface area contributed by atoms with Gasteiger partial charge in [-0.2, -0.15) is 0 Å². The van der Waals surface area contributed by atoms with E-state index in [1.807, 2.05) is 30.3 Å². The topological polar surface area (TPSA) is 44.8 Å². The van der Waals surface area contributed by atoms with Crippen LogP contribution in [-0.4, -0.2) is 26.8 Å². The van der Waals surface area contributed by atoms with Crippen molar-refractivity contribution in [3.63, 3.8) is 0 Å². The van der Waals surface area contributed by atoms with Crippen molar-refractivity contribution in [3.05, 3.63) is 53.6 Å². The summed E-state index contributed by atoms with van der Waals surface area (Å²) in [5, 5.41) is 0. The van der Waals surface area contributed by atoms with Crippen LogP contribution in [0.2, 0.25) is 0 Å². The molecule has 0 radical (unpaired) electrons. The molecule has 0 amide bonds. The van der Waals surface area contributed by atoms with Crippen LogP contribution in [0, 0.1) is 0 Å². The summed E-state index contributed by atoms with van der Waals surface area (Å²) >= 11 is 0. The number of rotatable bonds is 11. The van der Waals surface area contributed by atoms with E-state index < -0.39 is 0 Å². The van der Waals surface area contributed by atoms with Gasteiger partial charge in [-0.1, -0.05) is 57.4 Å². The predicted molar refractivity (Wildman–Crippen MR) is 118 cm³/mol. The van der Waals surface area contributed by atoms with Gasteiger partial charge in [0.1, 0.15) is 11.5 Å². The maximum Gasteiger partial charge on any atom is 0.330 e. The lowest BCUT2D eigenvalue weighted by molar-refractivity contribution is -0.137. The molecule has 2 aromatic rings. The average molecular weight is 397 g/mol. The van der Waals surface area contributed by atoms with Crippen molar-refractivity contribution in [1.29, 1.82) is 0 Å². The summed E-state index contributed by atoms with van der Waals surface area (Å²) in [5.41, 5.74) is 4.18. The molecule has 0 aliphatic carbocycles. The molecule has 4 heteroatoms. The van der Waals surface area contributed by atoms with Crippen LogP contribution in [0.4, 0.5) is 0 Å². The molecular weight excluding hydrogens is 364 g/mol. The first-order valence-corrected chi connectivity index (χ1v) is 10.3. The molecule has 0 N–H and O–H groups in total. The SMILES string of the molecule is CCCCCCOC(=O)/C=C/c1ccc(-c2ccc(OC)cc2)c(CC)c1OC. The first-order valence-electron chi connectivity index (χ1n) is 10.3. The number of ether oxygens (including phenoxy) is 3. The Bertz CT molecular complexity index is 806. The first-order chi connectivity index (χ1) is 14.1. The maximum absolute atomic E-state index is 12.0. The lowest BCUT2D eigenvalue weighted by Gasteiger charge is -2.16. The van der Waals surface area contributed by atoms with E-state index in [0.717, 1.165) is 53.0 Å². The van der Waals surface area contributed by atoms with Gasteiger partial charge in [-0.25, -0.2) is 4.79 Å². The zero-order valence-corrected chi connectivity index (χ0v) is 18.0. The predicted octanol–water partition coefficient (Wildman–Crippen LogP) is 6.07. The number of carbonyl (C=O) groups is 1. The van der Waals surface area contributed by atoms with Crippen LogP contribution in [0.25, 0.3) is 17.2 Å². The van der Waals surface area contributed by atoms with Crippen LogP contribution >= 0.6 is 0 Å². The fourth-order valence-electron chi connectivity index (χ4n) is 3.32. The third-order valence-electron chi connectivity index (χ3n) is 4.89. The quantitative estimate of drug-likeness (QED) is 0.263. The van der Waals surface area contributed by atoms with E-state index in [-0.39, 0.29) is 5.97 Å². The van der Waals surface area contributed by atoms with Crippen LogP contribution in [-0.2, 0) is 16.0 Å². The second-order valence-electron chi connectivity index (χ2n) is 6.86. The number of carbonyl (C=O) groups excluding carboxylic acids is 1. The lowest BCUT2D eigenvalue weighted by Crippen LogP contribution is -2.02. The van der Waals surface area contributed by atoms with Crippen LogP contribution in [0.3, 0.4) is 0 Å². The average Bonchev–Trinajstić information content (AvgIpc) is 2.76. The fourth-order valence-corrected chi connectivity index (χ4v) is 3.32. The van der Waals surface area contributed by atoms with E-state index in [0.29, 0.717) is 6.61 Å². The van der Waals surface area contributed by atoms with Crippen molar-refractivity contribution in [3.8, 4) is 22.6 Å². The fraction of sp³-hybridized carbons (Fsp3) is 0.400. The van der Waals surface area contributed by atoms with E-state index in [1.165, 1.54) is 18.9 Å². The maximum atomic E-state index is 12.0. The van der Waals surface area contributed by atoms with Crippen molar-refractivity contribution in [2.75, 3.05) is 20.8 Å². The van der Waals surface area contributed by atoms with Gasteiger partial charge < -0.3 is 14.2 Å². The normalized spacial score (nSPS) is 10.9. The van der Waals surface area contributed by atoms with E-state index in [9.17, 15) is 4.79 Å². The Balaban J connectivity index is 2.17. The van der Waals surface area contributed by atoms with Crippen molar-refractivity contribution in [1.82, 2.24) is 0 Å². The Morgan fingerprint density at radius 3 is 2.31 bits per heavy atom. The number of methoxy groups -OCH3 is 2. The second kappa shape index (κ2) is 11.9. The molecule has 0 heterocycles. The molecule has 0 unspecified atom stereocenters. The van der Waals surface area contributed by atoms with E-state index in [4.69, 9.17) is 14.2 Å². The molecule has 4 nitrogen and oxygen atoms in total. The molecule has 0 aromatic heterocycles. The van der Waals surface area contributed by atoms with Gasteiger partial charge in [0.05, 0.1) is 20.8 Å². The van der Waals surface area contributed by atoms with Crippen LogP contribution in [0.1, 0.15) is 50.7 Å². The Morgan fingerprint density at radius 2 is 1.69 bits per heavy atom. The number of hydrogen-bond acceptors (Lipinski definition) is 4. The number of unbranched alkanes of at least 4 members (excludes halogenated alkanes) is 3. The third-order valence-corrected chi connectivity index (χ3v) is 4.89. The summed E-state index contributed by atoms with van der Waals surface area (Å²) in [6, 6.07) is 12.0. The van der Waals surface area contributed by atoms with E-state index in [1.54, 1.807) is 20.3 Å². The van der Waals surface area contributed by atoms with Crippen molar-refractivity contribution in [2.45, 2.75) is 46.0 Å². The van der Waals surface area contributed by atoms with E-state index in [2.05, 4.69) is 19.9 Å². The van der Waals surface area contributed by atoms with Gasteiger partial charge in [0.15, 0.2) is 0 Å². The standard InChI is InChI=1S/C25H32O4/c1-5-7-8-9-18-29-24(26)17-13-20-12-16-23(22(6-2)25(20)28-4)19-10-14-21(27-3)15-11-19/h10-17H,5-9,18H2,1-4H3/b17-13+. The summed E-state index contributed by atoms with van der Waals surface area (Å²) in [6.45, 7) is 4.73. The zero-order chi connectivity index (χ0) is 21.1. The summed E-state index contributed by atoms with van der Waals surface area (Å²) in [7, 11) is 3.32. The Kier molecular flexibility index (Phi) is 9.29. The van der Waals surface area contributed by atoms with Gasteiger partial charge in [-0.3, -0.25) is 0 Å². The largest absolute Gasteiger partial charge is 0.497 e. The summed E-state index contributed by atoms with van der Waals surface area (Å²) in [5.74, 6) is 1.29. The smallest absolute Gasteiger partial charge is 0.330 e. The molecule has 0 saturated carbocycles. The Hall–Kier alpha value is -2.75. The summed E-state index contributed by atoms with van der Waals surface area (Å²) < 4.78 is 16.2. The minimum atomic E-state index is -0.319. The third kappa shape index (κ3) is 6.38. The molecule has 0 spiro atoms. The minimum absolute atomic E-state index is 0.319. The van der Waals surface area contributed by atoms with Crippen molar-refractivity contribution in [2.24, 2.45) is 0 Å². The van der Waals surface area contributed by atoms with Crippen LogP contribution in [0.15, 0.2) is 42.5 Å². The highest BCUT2D eigenvalue weighted by atomic mass is 16.5. The Labute approximate surface area is 174 Å². The highest BCUT2D eigenvalue weighted by Gasteiger charge is 2.13. The summed E-state index contributed by atoms with van der Waals surface area (Å²) in [4.78, 5) is 12.0. The van der Waals surface area contributed by atoms with Crippen LogP contribution in [0.5, 0.6) is 11.5 Å². The second-order valence-corrected chi connectivity index (χ2v) is 6.86. The van der Waals surface area contributed by atoms with Crippen molar-refractivity contribution < 1.29 is 19.0 Å². The van der Waals surface area contributed by atoms with Crippen LogP contribution < -0.4 is 9.47 Å². The molecule has 0 saturated heterocycles. The monoisotopic (exact) mass is 396 g/mol.